The molecule has 0 saturated carbocycles. The van der Waals surface area contributed by atoms with E-state index in [1.54, 1.807) is 0 Å². The van der Waals surface area contributed by atoms with Crippen LogP contribution in [0.5, 0.6) is 0 Å². The molecule has 326 valence electrons. The molecule has 0 heterocycles. The van der Waals surface area contributed by atoms with Gasteiger partial charge in [0.2, 0.25) is 0 Å². The van der Waals surface area contributed by atoms with Gasteiger partial charge in [0.05, 0.1) is 25.9 Å². The zero-order valence-electron chi connectivity index (χ0n) is 35.0. The molecule has 0 aromatic rings. The van der Waals surface area contributed by atoms with E-state index in [4.69, 9.17) is 19.1 Å². The summed E-state index contributed by atoms with van der Waals surface area (Å²) in [6.07, 6.45) is 38.4. The molecule has 0 saturated heterocycles. The average molecular weight is 815 g/mol. The third kappa shape index (κ3) is 38.7. The van der Waals surface area contributed by atoms with Crippen molar-refractivity contribution in [2.45, 2.75) is 193 Å². The number of rotatable bonds is 40. The van der Waals surface area contributed by atoms with Crippen molar-refractivity contribution in [1.29, 1.82) is 0 Å². The van der Waals surface area contributed by atoms with Crippen molar-refractivity contribution in [1.82, 2.24) is 0 Å². The number of hydrogen-bond donors (Lipinski definition) is 4. The maximum atomic E-state index is 12.6. The van der Waals surface area contributed by atoms with Gasteiger partial charge in [0, 0.05) is 12.8 Å². The molecule has 0 bridgehead atoms. The Morgan fingerprint density at radius 1 is 0.589 bits per heavy atom. The smallest absolute Gasteiger partial charge is 0.462 e. The molecule has 4 N–H and O–H groups in total. The van der Waals surface area contributed by atoms with Crippen LogP contribution in [-0.2, 0) is 32.7 Å². The van der Waals surface area contributed by atoms with Crippen molar-refractivity contribution in [3.8, 4) is 0 Å². The predicted octanol–water partition coefficient (Wildman–Crippen LogP) is 10.3. The summed E-state index contributed by atoms with van der Waals surface area (Å²) >= 11 is 0. The maximum absolute atomic E-state index is 12.6. The van der Waals surface area contributed by atoms with Crippen LogP contribution in [0, 0.1) is 0 Å². The van der Waals surface area contributed by atoms with E-state index in [1.165, 1.54) is 70.6 Å². The number of aliphatic hydroxyl groups is 3. The molecule has 56 heavy (non-hydrogen) atoms. The first-order valence-electron chi connectivity index (χ1n) is 21.7. The van der Waals surface area contributed by atoms with Gasteiger partial charge in [0.1, 0.15) is 12.7 Å². The average Bonchev–Trinajstić information content (AvgIpc) is 3.18. The fraction of sp³-hybridized carbons (Fsp3) is 0.773. The van der Waals surface area contributed by atoms with Crippen LogP contribution in [0.2, 0.25) is 0 Å². The largest absolute Gasteiger partial charge is 0.472 e. The molecule has 0 aliphatic carbocycles. The van der Waals surface area contributed by atoms with Gasteiger partial charge in [0.25, 0.3) is 0 Å². The molecule has 0 aromatic heterocycles. The van der Waals surface area contributed by atoms with Gasteiger partial charge < -0.3 is 29.7 Å². The summed E-state index contributed by atoms with van der Waals surface area (Å²) in [4.78, 5) is 34.9. The Bertz CT molecular complexity index is 1090. The van der Waals surface area contributed by atoms with Gasteiger partial charge >= 0.3 is 19.8 Å². The summed E-state index contributed by atoms with van der Waals surface area (Å²) in [5, 5.41) is 28.1. The molecule has 0 amide bonds. The van der Waals surface area contributed by atoms with Crippen LogP contribution >= 0.6 is 7.82 Å². The summed E-state index contributed by atoms with van der Waals surface area (Å²) in [5.41, 5.74) is 0. The van der Waals surface area contributed by atoms with Crippen LogP contribution in [0.4, 0.5) is 0 Å². The number of hydrogen-bond acceptors (Lipinski definition) is 10. The second kappa shape index (κ2) is 39.7. The van der Waals surface area contributed by atoms with Crippen molar-refractivity contribution >= 4 is 19.8 Å². The van der Waals surface area contributed by atoms with Crippen LogP contribution in [0.25, 0.3) is 0 Å². The summed E-state index contributed by atoms with van der Waals surface area (Å²) in [6, 6.07) is 0. The highest BCUT2D eigenvalue weighted by Crippen LogP contribution is 2.43. The van der Waals surface area contributed by atoms with E-state index < -0.39 is 51.8 Å². The van der Waals surface area contributed by atoms with Crippen LogP contribution < -0.4 is 0 Å². The molecule has 11 nitrogen and oxygen atoms in total. The molecule has 0 rings (SSSR count). The van der Waals surface area contributed by atoms with Crippen molar-refractivity contribution in [3.63, 3.8) is 0 Å². The van der Waals surface area contributed by atoms with Gasteiger partial charge in [-0.2, -0.15) is 0 Å². The number of unbranched alkanes of at least 4 members (excludes halogenated alkanes) is 16. The normalized spacial score (nSPS) is 14.9. The first-order chi connectivity index (χ1) is 27.1. The summed E-state index contributed by atoms with van der Waals surface area (Å²) in [6.45, 7) is 2.15. The lowest BCUT2D eigenvalue weighted by atomic mass is 10.0. The second-order valence-corrected chi connectivity index (χ2v) is 16.0. The number of carbonyl (C=O) groups is 2. The van der Waals surface area contributed by atoms with E-state index in [0.29, 0.717) is 19.3 Å². The van der Waals surface area contributed by atoms with Crippen LogP contribution in [0.15, 0.2) is 48.6 Å². The zero-order chi connectivity index (χ0) is 41.4. The molecule has 0 spiro atoms. The molecular weight excluding hydrogens is 735 g/mol. The Labute approximate surface area is 339 Å². The SMILES string of the molecule is CCCCCCCCCCCCCCCCCC(=O)O[C@H](COC(=O)CCC/C=C\C/C=C\C/C=C\C/C=C\[C@@H](O)CCCC)COP(=O)(O)OC[C@@H](O)CO. The molecule has 0 radical (unpaired) electrons. The number of phosphoric ester groups is 1. The number of phosphoric acid groups is 1. The van der Waals surface area contributed by atoms with E-state index in [1.807, 2.05) is 24.3 Å². The van der Waals surface area contributed by atoms with Crippen molar-refractivity contribution in [3.05, 3.63) is 48.6 Å². The van der Waals surface area contributed by atoms with Crippen LogP contribution in [0.3, 0.4) is 0 Å². The van der Waals surface area contributed by atoms with E-state index in [9.17, 15) is 29.3 Å². The minimum Gasteiger partial charge on any atom is -0.462 e. The number of esters is 2. The highest BCUT2D eigenvalue weighted by atomic mass is 31.2. The summed E-state index contributed by atoms with van der Waals surface area (Å²) in [7, 11) is -4.64. The molecule has 0 aromatic carbocycles. The highest BCUT2D eigenvalue weighted by Gasteiger charge is 2.27. The summed E-state index contributed by atoms with van der Waals surface area (Å²) in [5.74, 6) is -1.01. The summed E-state index contributed by atoms with van der Waals surface area (Å²) < 4.78 is 32.6. The number of allylic oxidation sites excluding steroid dienone is 7. The van der Waals surface area contributed by atoms with Crippen molar-refractivity contribution < 1.29 is 52.9 Å². The second-order valence-electron chi connectivity index (χ2n) is 14.5. The highest BCUT2D eigenvalue weighted by molar-refractivity contribution is 7.47. The number of ether oxygens (including phenoxy) is 2. The van der Waals surface area contributed by atoms with E-state index in [2.05, 4.69) is 42.7 Å². The Hall–Kier alpha value is -2.11. The molecule has 12 heteroatoms. The molecule has 4 atom stereocenters. The fourth-order valence-electron chi connectivity index (χ4n) is 5.65. The van der Waals surface area contributed by atoms with Gasteiger partial charge in [-0.15, -0.1) is 0 Å². The van der Waals surface area contributed by atoms with E-state index >= 15 is 0 Å². The first-order valence-corrected chi connectivity index (χ1v) is 23.2. The van der Waals surface area contributed by atoms with Gasteiger partial charge in [-0.1, -0.05) is 165 Å². The number of aliphatic hydroxyl groups excluding tert-OH is 3. The third-order valence-corrected chi connectivity index (χ3v) is 10.0. The maximum Gasteiger partial charge on any atom is 0.472 e. The Balaban J connectivity index is 4.41. The van der Waals surface area contributed by atoms with E-state index in [0.717, 1.165) is 57.8 Å². The van der Waals surface area contributed by atoms with Crippen LogP contribution in [-0.4, -0.2) is 76.9 Å². The lowest BCUT2D eigenvalue weighted by Crippen LogP contribution is -2.29. The molecular formula is C44H79O11P. The van der Waals surface area contributed by atoms with Gasteiger partial charge in [-0.05, 0) is 44.9 Å². The standard InChI is InChI=1S/C44H79O11P/c1-3-5-7-8-9-10-11-12-13-14-19-22-25-28-31-35-44(49)55-42(39-54-56(50,51)53-37-41(47)36-45)38-52-43(48)34-30-27-24-21-18-16-15-17-20-23-26-29-33-40(46)32-6-4-2/h15-16,20-21,23-24,29,33,40-42,45-47H,3-14,17-19,22,25-28,30-32,34-39H2,1-2H3,(H,50,51)/b16-15-,23-20-,24-21-,33-29-/t40-,41-,42+/m0/s1. The lowest BCUT2D eigenvalue weighted by Gasteiger charge is -2.20. The minimum absolute atomic E-state index is 0.149. The number of carbonyl (C=O) groups excluding carboxylic acids is 2. The lowest BCUT2D eigenvalue weighted by molar-refractivity contribution is -0.161. The fourth-order valence-corrected chi connectivity index (χ4v) is 6.44. The van der Waals surface area contributed by atoms with Gasteiger partial charge in [-0.25, -0.2) is 4.57 Å². The molecule has 0 aliphatic rings. The van der Waals surface area contributed by atoms with E-state index in [-0.39, 0.29) is 25.6 Å². The topological polar surface area (TPSA) is 169 Å². The molecule has 0 fully saturated rings. The zero-order valence-corrected chi connectivity index (χ0v) is 35.8. The van der Waals surface area contributed by atoms with Crippen LogP contribution in [0.1, 0.15) is 174 Å². The Morgan fingerprint density at radius 2 is 1.07 bits per heavy atom. The van der Waals surface area contributed by atoms with Gasteiger partial charge in [0.15, 0.2) is 6.10 Å². The van der Waals surface area contributed by atoms with Crippen molar-refractivity contribution in [2.75, 3.05) is 26.4 Å². The Morgan fingerprint density at radius 3 is 1.62 bits per heavy atom. The third-order valence-electron chi connectivity index (χ3n) is 9.06. The molecule has 0 aliphatic heterocycles. The Kier molecular flexibility index (Phi) is 38.2. The van der Waals surface area contributed by atoms with Gasteiger partial charge in [-0.3, -0.25) is 18.6 Å². The first kappa shape index (κ1) is 53.9. The molecule has 1 unspecified atom stereocenters. The predicted molar refractivity (Wildman–Crippen MR) is 225 cm³/mol. The monoisotopic (exact) mass is 815 g/mol. The van der Waals surface area contributed by atoms with Crippen molar-refractivity contribution in [2.24, 2.45) is 0 Å². The quantitative estimate of drug-likeness (QED) is 0.0201. The minimum atomic E-state index is -4.64.